The molecule has 2 aliphatic rings. The van der Waals surface area contributed by atoms with Crippen LogP contribution in [0.25, 0.3) is 0 Å². The standard InChI is InChI=1S/C16H19NO5/c18-14(11-1-3-12(4-2-11)15(19)20)17-13-5-7-22-16(9-13)6-8-21-10-16/h1-4,13H,5-10H2,(H,17,18)(H,19,20). The van der Waals surface area contributed by atoms with Crippen LogP contribution in [-0.2, 0) is 9.47 Å². The van der Waals surface area contributed by atoms with Gasteiger partial charge in [-0.05, 0) is 37.1 Å². The molecular formula is C16H19NO5. The zero-order valence-electron chi connectivity index (χ0n) is 12.2. The van der Waals surface area contributed by atoms with Gasteiger partial charge in [0, 0.05) is 31.2 Å². The van der Waals surface area contributed by atoms with Crippen molar-refractivity contribution in [3.05, 3.63) is 35.4 Å². The molecule has 2 atom stereocenters. The van der Waals surface area contributed by atoms with E-state index in [2.05, 4.69) is 5.32 Å². The van der Waals surface area contributed by atoms with Gasteiger partial charge < -0.3 is 19.9 Å². The van der Waals surface area contributed by atoms with Crippen LogP contribution >= 0.6 is 0 Å². The molecular weight excluding hydrogens is 286 g/mol. The molecule has 6 nitrogen and oxygen atoms in total. The fourth-order valence-corrected chi connectivity index (χ4v) is 3.05. The summed E-state index contributed by atoms with van der Waals surface area (Å²) in [5.74, 6) is -1.18. The summed E-state index contributed by atoms with van der Waals surface area (Å²) in [5.41, 5.74) is 0.390. The van der Waals surface area contributed by atoms with Crippen molar-refractivity contribution in [3.8, 4) is 0 Å². The molecule has 22 heavy (non-hydrogen) atoms. The van der Waals surface area contributed by atoms with Gasteiger partial charge in [-0.2, -0.15) is 0 Å². The Morgan fingerprint density at radius 3 is 2.55 bits per heavy atom. The second kappa shape index (κ2) is 6.06. The number of carbonyl (C=O) groups is 2. The lowest BCUT2D eigenvalue weighted by molar-refractivity contribution is -0.0881. The van der Waals surface area contributed by atoms with Crippen molar-refractivity contribution in [2.75, 3.05) is 19.8 Å². The summed E-state index contributed by atoms with van der Waals surface area (Å²) in [6, 6.07) is 6.00. The van der Waals surface area contributed by atoms with Gasteiger partial charge in [0.25, 0.3) is 5.91 Å². The fourth-order valence-electron chi connectivity index (χ4n) is 3.05. The van der Waals surface area contributed by atoms with E-state index in [9.17, 15) is 9.59 Å². The van der Waals surface area contributed by atoms with Crippen molar-refractivity contribution in [2.45, 2.75) is 30.9 Å². The van der Waals surface area contributed by atoms with E-state index in [4.69, 9.17) is 14.6 Å². The number of ether oxygens (including phenoxy) is 2. The highest BCUT2D eigenvalue weighted by Crippen LogP contribution is 2.32. The predicted octanol–water partition coefficient (Wildman–Crippen LogP) is 1.45. The lowest BCUT2D eigenvalue weighted by Crippen LogP contribution is -2.49. The van der Waals surface area contributed by atoms with Crippen LogP contribution in [0.2, 0.25) is 0 Å². The molecule has 0 bridgehead atoms. The Bertz CT molecular complexity index is 562. The Labute approximate surface area is 128 Å². The molecule has 118 valence electrons. The van der Waals surface area contributed by atoms with Gasteiger partial charge in [-0.1, -0.05) is 0 Å². The third kappa shape index (κ3) is 3.13. The molecule has 0 aliphatic carbocycles. The first-order chi connectivity index (χ1) is 10.6. The number of benzene rings is 1. The fraction of sp³-hybridized carbons (Fsp3) is 0.500. The van der Waals surface area contributed by atoms with Crippen LogP contribution in [0.5, 0.6) is 0 Å². The van der Waals surface area contributed by atoms with Gasteiger partial charge in [-0.3, -0.25) is 4.79 Å². The van der Waals surface area contributed by atoms with E-state index in [0.717, 1.165) is 19.3 Å². The number of carboxylic acids is 1. The average molecular weight is 305 g/mol. The maximum Gasteiger partial charge on any atom is 0.335 e. The van der Waals surface area contributed by atoms with E-state index in [1.54, 1.807) is 0 Å². The lowest BCUT2D eigenvalue weighted by atomic mass is 9.89. The normalized spacial score (nSPS) is 27.7. The number of hydrogen-bond donors (Lipinski definition) is 2. The van der Waals surface area contributed by atoms with Crippen LogP contribution in [0.3, 0.4) is 0 Å². The number of nitrogens with one attached hydrogen (secondary N) is 1. The molecule has 2 saturated heterocycles. The summed E-state index contributed by atoms with van der Waals surface area (Å²) in [7, 11) is 0. The van der Waals surface area contributed by atoms with Gasteiger partial charge in [0.15, 0.2) is 0 Å². The number of carboxylic acid groups (broad SMARTS) is 1. The van der Waals surface area contributed by atoms with Gasteiger partial charge in [0.05, 0.1) is 17.8 Å². The number of aromatic carboxylic acids is 1. The Balaban J connectivity index is 1.62. The second-order valence-corrected chi connectivity index (χ2v) is 5.88. The summed E-state index contributed by atoms with van der Waals surface area (Å²) in [4.78, 5) is 23.1. The summed E-state index contributed by atoms with van der Waals surface area (Å²) in [6.45, 7) is 1.91. The van der Waals surface area contributed by atoms with Gasteiger partial charge in [-0.15, -0.1) is 0 Å². The largest absolute Gasteiger partial charge is 0.478 e. The molecule has 6 heteroatoms. The highest BCUT2D eigenvalue weighted by Gasteiger charge is 2.41. The summed E-state index contributed by atoms with van der Waals surface area (Å²) >= 11 is 0. The first-order valence-corrected chi connectivity index (χ1v) is 7.44. The number of hydrogen-bond acceptors (Lipinski definition) is 4. The van der Waals surface area contributed by atoms with Crippen molar-refractivity contribution in [3.63, 3.8) is 0 Å². The third-order valence-electron chi connectivity index (χ3n) is 4.29. The number of rotatable bonds is 3. The highest BCUT2D eigenvalue weighted by atomic mass is 16.6. The highest BCUT2D eigenvalue weighted by molar-refractivity contribution is 5.96. The first kappa shape index (κ1) is 15.0. The van der Waals surface area contributed by atoms with Crippen LogP contribution in [-0.4, -0.2) is 48.4 Å². The molecule has 3 rings (SSSR count). The molecule has 2 heterocycles. The van der Waals surface area contributed by atoms with E-state index >= 15 is 0 Å². The molecule has 1 aromatic rings. The summed E-state index contributed by atoms with van der Waals surface area (Å²) in [5, 5.41) is 11.9. The van der Waals surface area contributed by atoms with Crippen LogP contribution in [0, 0.1) is 0 Å². The number of carbonyl (C=O) groups excluding carboxylic acids is 1. The monoisotopic (exact) mass is 305 g/mol. The van der Waals surface area contributed by atoms with E-state index < -0.39 is 5.97 Å². The van der Waals surface area contributed by atoms with E-state index in [1.807, 2.05) is 0 Å². The zero-order valence-corrected chi connectivity index (χ0v) is 12.2. The molecule has 2 aliphatic heterocycles. The molecule has 0 saturated carbocycles. The first-order valence-electron chi connectivity index (χ1n) is 7.44. The van der Waals surface area contributed by atoms with Crippen LogP contribution in [0.4, 0.5) is 0 Å². The third-order valence-corrected chi connectivity index (χ3v) is 4.29. The quantitative estimate of drug-likeness (QED) is 0.883. The maximum absolute atomic E-state index is 12.3. The molecule has 2 unspecified atom stereocenters. The van der Waals surface area contributed by atoms with Crippen molar-refractivity contribution in [1.82, 2.24) is 5.32 Å². The van der Waals surface area contributed by atoms with Crippen LogP contribution < -0.4 is 5.32 Å². The minimum Gasteiger partial charge on any atom is -0.478 e. The minimum absolute atomic E-state index is 0.0575. The Kier molecular flexibility index (Phi) is 4.13. The minimum atomic E-state index is -1.00. The molecule has 1 spiro atoms. The molecule has 0 aromatic heterocycles. The summed E-state index contributed by atoms with van der Waals surface area (Å²) < 4.78 is 11.3. The van der Waals surface area contributed by atoms with Crippen LogP contribution in [0.15, 0.2) is 24.3 Å². The SMILES string of the molecule is O=C(O)c1ccc(C(=O)NC2CCOC3(CCOC3)C2)cc1. The van der Waals surface area contributed by atoms with E-state index in [-0.39, 0.29) is 23.1 Å². The molecule has 2 N–H and O–H groups in total. The van der Waals surface area contributed by atoms with Crippen molar-refractivity contribution < 1.29 is 24.2 Å². The Morgan fingerprint density at radius 2 is 1.91 bits per heavy atom. The molecule has 1 amide bonds. The summed E-state index contributed by atoms with van der Waals surface area (Å²) in [6.07, 6.45) is 2.40. The Hall–Kier alpha value is -1.92. The van der Waals surface area contributed by atoms with E-state index in [1.165, 1.54) is 24.3 Å². The van der Waals surface area contributed by atoms with Crippen molar-refractivity contribution in [2.24, 2.45) is 0 Å². The maximum atomic E-state index is 12.3. The lowest BCUT2D eigenvalue weighted by Gasteiger charge is -2.37. The van der Waals surface area contributed by atoms with Gasteiger partial charge >= 0.3 is 5.97 Å². The molecule has 1 aromatic carbocycles. The zero-order chi connectivity index (χ0) is 15.6. The molecule has 0 radical (unpaired) electrons. The second-order valence-electron chi connectivity index (χ2n) is 5.88. The molecule has 2 fully saturated rings. The average Bonchev–Trinajstić information content (AvgIpc) is 2.95. The van der Waals surface area contributed by atoms with Crippen molar-refractivity contribution in [1.29, 1.82) is 0 Å². The smallest absolute Gasteiger partial charge is 0.335 e. The topological polar surface area (TPSA) is 84.9 Å². The van der Waals surface area contributed by atoms with Gasteiger partial charge in [0.1, 0.15) is 0 Å². The van der Waals surface area contributed by atoms with Gasteiger partial charge in [-0.25, -0.2) is 4.79 Å². The van der Waals surface area contributed by atoms with Gasteiger partial charge in [0.2, 0.25) is 0 Å². The predicted molar refractivity (Wildman–Crippen MR) is 78.0 cm³/mol. The Morgan fingerprint density at radius 1 is 1.18 bits per heavy atom. The van der Waals surface area contributed by atoms with E-state index in [0.29, 0.717) is 25.4 Å². The van der Waals surface area contributed by atoms with Crippen LogP contribution in [0.1, 0.15) is 40.0 Å². The number of amides is 1. The van der Waals surface area contributed by atoms with Crippen molar-refractivity contribution >= 4 is 11.9 Å².